The fourth-order valence-electron chi connectivity index (χ4n) is 1.28. The minimum atomic E-state index is -0.640. The van der Waals surface area contributed by atoms with Crippen LogP contribution in [0.4, 0.5) is 4.39 Å². The van der Waals surface area contributed by atoms with E-state index in [1.807, 2.05) is 0 Å². The Morgan fingerprint density at radius 1 is 1.60 bits per heavy atom. The van der Waals surface area contributed by atoms with Crippen molar-refractivity contribution in [2.45, 2.75) is 18.9 Å². The van der Waals surface area contributed by atoms with Crippen molar-refractivity contribution >= 4 is 5.97 Å². The monoisotopic (exact) mass is 211 g/mol. The molecule has 0 amide bonds. The van der Waals surface area contributed by atoms with E-state index >= 15 is 0 Å². The Bertz CT molecular complexity index is 341. The van der Waals surface area contributed by atoms with Gasteiger partial charge in [0.1, 0.15) is 11.9 Å². The van der Waals surface area contributed by atoms with Crippen LogP contribution in [0.25, 0.3) is 0 Å². The Balaban J connectivity index is 2.47. The van der Waals surface area contributed by atoms with Crippen LogP contribution < -0.4 is 5.73 Å². The molecule has 0 aliphatic carbocycles. The van der Waals surface area contributed by atoms with Crippen molar-refractivity contribution in [2.75, 3.05) is 7.11 Å². The van der Waals surface area contributed by atoms with Gasteiger partial charge in [0.05, 0.1) is 7.11 Å². The SMILES string of the molecule is COC(=O)C(N)CCc1cccc(F)c1. The van der Waals surface area contributed by atoms with Gasteiger partial charge in [0.25, 0.3) is 0 Å². The lowest BCUT2D eigenvalue weighted by Gasteiger charge is -2.08. The first-order chi connectivity index (χ1) is 7.13. The van der Waals surface area contributed by atoms with Crippen LogP contribution in [-0.2, 0) is 16.0 Å². The van der Waals surface area contributed by atoms with Crippen LogP contribution in [0.3, 0.4) is 0 Å². The number of carbonyl (C=O) groups is 1. The third-order valence-electron chi connectivity index (χ3n) is 2.14. The highest BCUT2D eigenvalue weighted by molar-refractivity contribution is 5.75. The number of ether oxygens (including phenoxy) is 1. The Morgan fingerprint density at radius 2 is 2.33 bits per heavy atom. The summed E-state index contributed by atoms with van der Waals surface area (Å²) in [6.45, 7) is 0. The highest BCUT2D eigenvalue weighted by Gasteiger charge is 2.13. The molecular weight excluding hydrogens is 197 g/mol. The summed E-state index contributed by atoms with van der Waals surface area (Å²) < 4.78 is 17.3. The van der Waals surface area contributed by atoms with Crippen LogP contribution in [0, 0.1) is 5.82 Å². The zero-order valence-corrected chi connectivity index (χ0v) is 8.57. The molecule has 3 nitrogen and oxygen atoms in total. The molecule has 1 aromatic carbocycles. The van der Waals surface area contributed by atoms with Crippen molar-refractivity contribution < 1.29 is 13.9 Å². The minimum Gasteiger partial charge on any atom is -0.468 e. The Kier molecular flexibility index (Phi) is 4.24. The van der Waals surface area contributed by atoms with Crippen molar-refractivity contribution in [3.63, 3.8) is 0 Å². The third kappa shape index (κ3) is 3.67. The van der Waals surface area contributed by atoms with E-state index < -0.39 is 12.0 Å². The standard InChI is InChI=1S/C11H14FNO2/c1-15-11(14)10(13)6-5-8-3-2-4-9(12)7-8/h2-4,7,10H,5-6,13H2,1H3. The van der Waals surface area contributed by atoms with Gasteiger partial charge >= 0.3 is 5.97 Å². The topological polar surface area (TPSA) is 52.3 Å². The Morgan fingerprint density at radius 3 is 2.93 bits per heavy atom. The lowest BCUT2D eigenvalue weighted by atomic mass is 10.1. The average Bonchev–Trinajstić information content (AvgIpc) is 2.25. The molecule has 0 aliphatic heterocycles. The van der Waals surface area contributed by atoms with E-state index in [1.54, 1.807) is 12.1 Å². The summed E-state index contributed by atoms with van der Waals surface area (Å²) in [5, 5.41) is 0. The highest BCUT2D eigenvalue weighted by atomic mass is 19.1. The van der Waals surface area contributed by atoms with Crippen molar-refractivity contribution in [3.8, 4) is 0 Å². The van der Waals surface area contributed by atoms with E-state index in [-0.39, 0.29) is 5.82 Å². The molecule has 1 aromatic rings. The molecule has 4 heteroatoms. The molecule has 15 heavy (non-hydrogen) atoms. The summed E-state index contributed by atoms with van der Waals surface area (Å²) in [4.78, 5) is 11.0. The van der Waals surface area contributed by atoms with Crippen LogP contribution in [0.5, 0.6) is 0 Å². The summed E-state index contributed by atoms with van der Waals surface area (Å²) in [5.41, 5.74) is 6.37. The summed E-state index contributed by atoms with van der Waals surface area (Å²) in [7, 11) is 1.30. The van der Waals surface area contributed by atoms with Crippen LogP contribution in [0.15, 0.2) is 24.3 Å². The number of esters is 1. The second kappa shape index (κ2) is 5.46. The van der Waals surface area contributed by atoms with Crippen LogP contribution >= 0.6 is 0 Å². The smallest absolute Gasteiger partial charge is 0.322 e. The molecule has 0 aliphatic rings. The predicted octanol–water partition coefficient (Wildman–Crippen LogP) is 1.26. The highest BCUT2D eigenvalue weighted by Crippen LogP contribution is 2.07. The molecule has 0 fully saturated rings. The third-order valence-corrected chi connectivity index (χ3v) is 2.14. The first-order valence-corrected chi connectivity index (χ1v) is 4.71. The number of benzene rings is 1. The molecule has 0 radical (unpaired) electrons. The fourth-order valence-corrected chi connectivity index (χ4v) is 1.28. The largest absolute Gasteiger partial charge is 0.468 e. The maximum Gasteiger partial charge on any atom is 0.322 e. The van der Waals surface area contributed by atoms with Crippen molar-refractivity contribution in [1.82, 2.24) is 0 Å². The fraction of sp³-hybridized carbons (Fsp3) is 0.364. The molecule has 82 valence electrons. The lowest BCUT2D eigenvalue weighted by molar-refractivity contribution is -0.142. The van der Waals surface area contributed by atoms with Gasteiger partial charge < -0.3 is 10.5 Å². The second-order valence-electron chi connectivity index (χ2n) is 3.30. The number of rotatable bonds is 4. The van der Waals surface area contributed by atoms with Crippen LogP contribution in [0.1, 0.15) is 12.0 Å². The normalized spacial score (nSPS) is 12.2. The minimum absolute atomic E-state index is 0.279. The Hall–Kier alpha value is -1.42. The van der Waals surface area contributed by atoms with Crippen LogP contribution in [0.2, 0.25) is 0 Å². The van der Waals surface area contributed by atoms with Gasteiger partial charge in [-0.25, -0.2) is 4.39 Å². The molecule has 0 aromatic heterocycles. The van der Waals surface area contributed by atoms with Crippen molar-refractivity contribution in [3.05, 3.63) is 35.6 Å². The lowest BCUT2D eigenvalue weighted by Crippen LogP contribution is -2.31. The molecule has 1 rings (SSSR count). The van der Waals surface area contributed by atoms with Crippen molar-refractivity contribution in [2.24, 2.45) is 5.73 Å². The van der Waals surface area contributed by atoms with Gasteiger partial charge in [0.15, 0.2) is 0 Å². The molecule has 0 spiro atoms. The molecule has 0 saturated carbocycles. The van der Waals surface area contributed by atoms with Crippen LogP contribution in [-0.4, -0.2) is 19.1 Å². The van der Waals surface area contributed by atoms with Gasteiger partial charge in [-0.05, 0) is 30.5 Å². The molecule has 2 N–H and O–H groups in total. The number of nitrogens with two attached hydrogens (primary N) is 1. The maximum absolute atomic E-state index is 12.8. The predicted molar refractivity (Wildman–Crippen MR) is 54.7 cm³/mol. The molecule has 0 saturated heterocycles. The summed E-state index contributed by atoms with van der Waals surface area (Å²) >= 11 is 0. The number of methoxy groups -OCH3 is 1. The zero-order chi connectivity index (χ0) is 11.3. The average molecular weight is 211 g/mol. The number of carbonyl (C=O) groups excluding carboxylic acids is 1. The molecule has 0 heterocycles. The molecule has 1 atom stereocenters. The van der Waals surface area contributed by atoms with Gasteiger partial charge in [-0.1, -0.05) is 12.1 Å². The maximum atomic E-state index is 12.8. The van der Waals surface area contributed by atoms with Gasteiger partial charge in [-0.15, -0.1) is 0 Å². The molecular formula is C11H14FNO2. The van der Waals surface area contributed by atoms with E-state index in [0.29, 0.717) is 12.8 Å². The molecule has 1 unspecified atom stereocenters. The first kappa shape index (κ1) is 11.7. The summed E-state index contributed by atoms with van der Waals surface area (Å²) in [5.74, 6) is -0.717. The van der Waals surface area contributed by atoms with Gasteiger partial charge in [-0.2, -0.15) is 0 Å². The number of aryl methyl sites for hydroxylation is 1. The summed E-state index contributed by atoms with van der Waals surface area (Å²) in [6.07, 6.45) is 1.02. The second-order valence-corrected chi connectivity index (χ2v) is 3.30. The van der Waals surface area contributed by atoms with Gasteiger partial charge in [0, 0.05) is 0 Å². The first-order valence-electron chi connectivity index (χ1n) is 4.71. The van der Waals surface area contributed by atoms with Gasteiger partial charge in [0.2, 0.25) is 0 Å². The van der Waals surface area contributed by atoms with Gasteiger partial charge in [-0.3, -0.25) is 4.79 Å². The number of hydrogen-bond acceptors (Lipinski definition) is 3. The molecule has 0 bridgehead atoms. The zero-order valence-electron chi connectivity index (χ0n) is 8.57. The van der Waals surface area contributed by atoms with E-state index in [2.05, 4.69) is 4.74 Å². The van der Waals surface area contributed by atoms with E-state index in [9.17, 15) is 9.18 Å². The summed E-state index contributed by atoms with van der Waals surface area (Å²) in [6, 6.07) is 5.60. The van der Waals surface area contributed by atoms with E-state index in [4.69, 9.17) is 5.73 Å². The Labute approximate surface area is 88.0 Å². The van der Waals surface area contributed by atoms with Crippen molar-refractivity contribution in [1.29, 1.82) is 0 Å². The number of hydrogen-bond donors (Lipinski definition) is 1. The quantitative estimate of drug-likeness (QED) is 0.763. The number of halogens is 1. The van der Waals surface area contributed by atoms with E-state index in [0.717, 1.165) is 5.56 Å². The van der Waals surface area contributed by atoms with E-state index in [1.165, 1.54) is 19.2 Å².